The molecule has 0 spiro atoms. The van der Waals surface area contributed by atoms with Gasteiger partial charge in [0.2, 0.25) is 0 Å². The number of rotatable bonds is 11. The van der Waals surface area contributed by atoms with Gasteiger partial charge in [0.25, 0.3) is 0 Å². The molecular weight excluding hydrogens is 418 g/mol. The third-order valence-electron chi connectivity index (χ3n) is 6.33. The maximum atomic E-state index is 5.98. The number of epoxide rings is 1. The molecule has 5 rings (SSSR count). The molecule has 0 aliphatic carbocycles. The van der Waals surface area contributed by atoms with Crippen LogP contribution >= 0.6 is 0 Å². The number of nitrogens with zero attached hydrogens (tertiary/aromatic N) is 1. The van der Waals surface area contributed by atoms with Crippen molar-refractivity contribution in [3.8, 4) is 5.75 Å². The zero-order chi connectivity index (χ0) is 23.0. The van der Waals surface area contributed by atoms with Crippen LogP contribution in [0, 0.1) is 0 Å². The van der Waals surface area contributed by atoms with E-state index >= 15 is 0 Å². The lowest BCUT2D eigenvalue weighted by Crippen LogP contribution is -2.40. The van der Waals surface area contributed by atoms with Crippen LogP contribution in [0.5, 0.6) is 5.75 Å². The second-order valence-electron chi connectivity index (χ2n) is 8.94. The van der Waals surface area contributed by atoms with Gasteiger partial charge < -0.3 is 9.47 Å². The van der Waals surface area contributed by atoms with Gasteiger partial charge in [0.05, 0.1) is 12.7 Å². The molecule has 1 aliphatic rings. The summed E-state index contributed by atoms with van der Waals surface area (Å²) in [5.74, 6) is 0.900. The van der Waals surface area contributed by atoms with Crippen LogP contribution in [0.2, 0.25) is 0 Å². The molecule has 172 valence electrons. The van der Waals surface area contributed by atoms with Gasteiger partial charge in [0, 0.05) is 19.1 Å². The van der Waals surface area contributed by atoms with Gasteiger partial charge in [-0.15, -0.1) is 0 Å². The maximum absolute atomic E-state index is 5.98. The lowest BCUT2D eigenvalue weighted by atomic mass is 10.00. The normalized spacial score (nSPS) is 15.7. The molecule has 0 bridgehead atoms. The van der Waals surface area contributed by atoms with Crippen molar-refractivity contribution < 1.29 is 9.47 Å². The summed E-state index contributed by atoms with van der Waals surface area (Å²) in [5, 5.41) is 0. The molecule has 0 N–H and O–H groups in total. The Hall–Kier alpha value is -3.40. The van der Waals surface area contributed by atoms with Crippen LogP contribution < -0.4 is 4.74 Å². The molecule has 3 heteroatoms. The van der Waals surface area contributed by atoms with Gasteiger partial charge >= 0.3 is 0 Å². The van der Waals surface area contributed by atoms with Crippen molar-refractivity contribution >= 4 is 0 Å². The predicted molar refractivity (Wildman–Crippen MR) is 137 cm³/mol. The molecule has 0 saturated carbocycles. The summed E-state index contributed by atoms with van der Waals surface area (Å²) in [5.41, 5.74) is 5.14. The quantitative estimate of drug-likeness (QED) is 0.252. The van der Waals surface area contributed by atoms with Crippen molar-refractivity contribution in [2.75, 3.05) is 6.61 Å². The van der Waals surface area contributed by atoms with E-state index in [1.54, 1.807) is 0 Å². The molecule has 4 aromatic rings. The molecule has 0 amide bonds. The fourth-order valence-electron chi connectivity index (χ4n) is 4.40. The van der Waals surface area contributed by atoms with Crippen molar-refractivity contribution in [2.45, 2.75) is 38.3 Å². The summed E-state index contributed by atoms with van der Waals surface area (Å²) in [4.78, 5) is 2.57. The Labute approximate surface area is 202 Å². The second kappa shape index (κ2) is 11.1. The van der Waals surface area contributed by atoms with Gasteiger partial charge in [0.15, 0.2) is 0 Å². The highest BCUT2D eigenvalue weighted by atomic mass is 16.6. The highest BCUT2D eigenvalue weighted by molar-refractivity contribution is 5.29. The van der Waals surface area contributed by atoms with Gasteiger partial charge in [-0.05, 0) is 40.8 Å². The Kier molecular flexibility index (Phi) is 7.34. The second-order valence-corrected chi connectivity index (χ2v) is 8.94. The van der Waals surface area contributed by atoms with E-state index in [0.717, 1.165) is 31.9 Å². The van der Waals surface area contributed by atoms with Gasteiger partial charge in [-0.3, -0.25) is 4.90 Å². The van der Waals surface area contributed by atoms with Crippen molar-refractivity contribution in [1.82, 2.24) is 4.90 Å². The fourth-order valence-corrected chi connectivity index (χ4v) is 4.40. The van der Waals surface area contributed by atoms with Gasteiger partial charge in [-0.25, -0.2) is 0 Å². The smallest absolute Gasteiger partial charge is 0.119 e. The van der Waals surface area contributed by atoms with E-state index in [2.05, 4.69) is 102 Å². The SMILES string of the molecule is c1ccc(COc2ccc(C[C@@H](C3CO3)N(Cc3ccccc3)Cc3ccccc3)cc2)cc1. The molecular formula is C31H31NO2. The van der Waals surface area contributed by atoms with Crippen LogP contribution in [0.15, 0.2) is 115 Å². The minimum absolute atomic E-state index is 0.279. The van der Waals surface area contributed by atoms with E-state index in [-0.39, 0.29) is 6.10 Å². The molecule has 1 unspecified atom stereocenters. The first-order chi connectivity index (χ1) is 16.8. The summed E-state index contributed by atoms with van der Waals surface area (Å²) in [6.45, 7) is 3.22. The topological polar surface area (TPSA) is 25.0 Å². The minimum atomic E-state index is 0.279. The lowest BCUT2D eigenvalue weighted by molar-refractivity contribution is 0.144. The van der Waals surface area contributed by atoms with Gasteiger partial charge in [-0.1, -0.05) is 103 Å². The summed E-state index contributed by atoms with van der Waals surface area (Å²) < 4.78 is 11.8. The van der Waals surface area contributed by atoms with Crippen molar-refractivity contribution in [1.29, 1.82) is 0 Å². The lowest BCUT2D eigenvalue weighted by Gasteiger charge is -2.31. The first-order valence-electron chi connectivity index (χ1n) is 12.0. The molecule has 4 aromatic carbocycles. The van der Waals surface area contributed by atoms with Crippen LogP contribution in [0.1, 0.15) is 22.3 Å². The van der Waals surface area contributed by atoms with Crippen LogP contribution in [0.3, 0.4) is 0 Å². The minimum Gasteiger partial charge on any atom is -0.489 e. The number of benzene rings is 4. The Morgan fingerprint density at radius 2 is 1.15 bits per heavy atom. The molecule has 34 heavy (non-hydrogen) atoms. The Morgan fingerprint density at radius 3 is 1.65 bits per heavy atom. The first-order valence-corrected chi connectivity index (χ1v) is 12.0. The van der Waals surface area contributed by atoms with Gasteiger partial charge in [0.1, 0.15) is 12.4 Å². The highest BCUT2D eigenvalue weighted by Gasteiger charge is 2.36. The van der Waals surface area contributed by atoms with E-state index in [0.29, 0.717) is 12.6 Å². The summed E-state index contributed by atoms with van der Waals surface area (Å²) in [6, 6.07) is 40.6. The number of hydrogen-bond acceptors (Lipinski definition) is 3. The first kappa shape index (κ1) is 22.4. The average Bonchev–Trinajstić information content (AvgIpc) is 3.74. The van der Waals surface area contributed by atoms with Crippen molar-refractivity contribution in [3.63, 3.8) is 0 Å². The third kappa shape index (κ3) is 6.34. The Morgan fingerprint density at radius 1 is 0.647 bits per heavy atom. The zero-order valence-corrected chi connectivity index (χ0v) is 19.4. The van der Waals surface area contributed by atoms with Crippen molar-refractivity contribution in [2.24, 2.45) is 0 Å². The molecule has 1 heterocycles. The highest BCUT2D eigenvalue weighted by Crippen LogP contribution is 2.27. The van der Waals surface area contributed by atoms with Crippen molar-refractivity contribution in [3.05, 3.63) is 138 Å². The molecule has 3 nitrogen and oxygen atoms in total. The Balaban J connectivity index is 1.29. The predicted octanol–water partition coefficient (Wildman–Crippen LogP) is 6.28. The van der Waals surface area contributed by atoms with Crippen LogP contribution in [-0.2, 0) is 30.9 Å². The van der Waals surface area contributed by atoms with Gasteiger partial charge in [-0.2, -0.15) is 0 Å². The van der Waals surface area contributed by atoms with Crippen LogP contribution in [-0.4, -0.2) is 23.7 Å². The van der Waals surface area contributed by atoms with Crippen LogP contribution in [0.25, 0.3) is 0 Å². The van der Waals surface area contributed by atoms with E-state index in [9.17, 15) is 0 Å². The van der Waals surface area contributed by atoms with E-state index in [1.807, 2.05) is 18.2 Å². The molecule has 0 aromatic heterocycles. The summed E-state index contributed by atoms with van der Waals surface area (Å²) in [7, 11) is 0. The molecule has 1 fully saturated rings. The standard InChI is InChI=1S/C31H31NO2/c1-4-10-26(11-5-1)21-32(22-27-12-6-2-7-13-27)30(31-24-34-31)20-25-16-18-29(19-17-25)33-23-28-14-8-3-9-15-28/h1-19,30-31H,20-24H2/t30-,31?/m0/s1. The van der Waals surface area contributed by atoms with E-state index in [1.165, 1.54) is 22.3 Å². The summed E-state index contributed by atoms with van der Waals surface area (Å²) in [6.07, 6.45) is 1.23. The Bertz CT molecular complexity index is 1080. The molecule has 1 saturated heterocycles. The van der Waals surface area contributed by atoms with E-state index in [4.69, 9.17) is 9.47 Å². The monoisotopic (exact) mass is 449 g/mol. The molecule has 1 aliphatic heterocycles. The molecule has 2 atom stereocenters. The third-order valence-corrected chi connectivity index (χ3v) is 6.33. The average molecular weight is 450 g/mol. The number of hydrogen-bond donors (Lipinski definition) is 0. The van der Waals surface area contributed by atoms with Crippen LogP contribution in [0.4, 0.5) is 0 Å². The maximum Gasteiger partial charge on any atom is 0.119 e. The fraction of sp³-hybridized carbons (Fsp3) is 0.226. The van der Waals surface area contributed by atoms with E-state index < -0.39 is 0 Å². The zero-order valence-electron chi connectivity index (χ0n) is 19.4. The summed E-state index contributed by atoms with van der Waals surface area (Å²) >= 11 is 0. The largest absolute Gasteiger partial charge is 0.489 e. The number of ether oxygens (including phenoxy) is 2. The molecule has 0 radical (unpaired) electrons.